The first-order chi connectivity index (χ1) is 18.6. The van der Waals surface area contributed by atoms with Crippen molar-refractivity contribution in [3.8, 4) is 0 Å². The van der Waals surface area contributed by atoms with Crippen molar-refractivity contribution >= 4 is 11.9 Å². The molecule has 0 saturated carbocycles. The normalized spacial score (nSPS) is 42.8. The van der Waals surface area contributed by atoms with Crippen molar-refractivity contribution in [2.45, 2.75) is 108 Å². The van der Waals surface area contributed by atoms with Crippen LogP contribution in [-0.4, -0.2) is 79.0 Å². The summed E-state index contributed by atoms with van der Waals surface area (Å²) >= 11 is 0. The maximum Gasteiger partial charge on any atom is 0.331 e. The zero-order valence-corrected chi connectivity index (χ0v) is 23.7. The molecule has 39 heavy (non-hydrogen) atoms. The van der Waals surface area contributed by atoms with Crippen molar-refractivity contribution in [3.05, 3.63) is 36.0 Å². The van der Waals surface area contributed by atoms with Crippen LogP contribution < -0.4 is 5.73 Å². The van der Waals surface area contributed by atoms with Crippen molar-refractivity contribution in [2.75, 3.05) is 19.8 Å². The number of esters is 2. The Morgan fingerprint density at radius 1 is 1.23 bits per heavy atom. The second-order valence-electron chi connectivity index (χ2n) is 11.9. The summed E-state index contributed by atoms with van der Waals surface area (Å²) < 4.78 is 30.2. The lowest BCUT2D eigenvalue weighted by Gasteiger charge is -2.50. The molecule has 5 aliphatic rings. The summed E-state index contributed by atoms with van der Waals surface area (Å²) in [5.74, 6) is -1.06. The van der Waals surface area contributed by atoms with Crippen LogP contribution in [0.3, 0.4) is 0 Å². The number of carbonyl (C=O) groups is 2. The predicted molar refractivity (Wildman–Crippen MR) is 145 cm³/mol. The van der Waals surface area contributed by atoms with E-state index in [9.17, 15) is 14.7 Å². The highest BCUT2D eigenvalue weighted by atomic mass is 16.6. The molecule has 0 aromatic heterocycles. The number of epoxide rings is 1. The molecule has 4 heterocycles. The van der Waals surface area contributed by atoms with Crippen LogP contribution in [0.15, 0.2) is 36.0 Å². The zero-order chi connectivity index (χ0) is 28.2. The smallest absolute Gasteiger partial charge is 0.331 e. The molecule has 9 heteroatoms. The number of aliphatic hydroxyl groups is 1. The molecule has 9 atom stereocenters. The number of rotatable bonds is 2. The molecular formula is C30H45NO8. The van der Waals surface area contributed by atoms with E-state index in [0.29, 0.717) is 38.9 Å². The lowest BCUT2D eigenvalue weighted by atomic mass is 9.65. The summed E-state index contributed by atoms with van der Waals surface area (Å²) in [6.45, 7) is 8.68. The fourth-order valence-corrected chi connectivity index (χ4v) is 5.86. The Morgan fingerprint density at radius 2 is 2.00 bits per heavy atom. The molecule has 218 valence electrons. The maximum absolute atomic E-state index is 13.0. The van der Waals surface area contributed by atoms with Crippen molar-refractivity contribution in [1.29, 1.82) is 0 Å². The molecule has 0 radical (unpaired) electrons. The van der Waals surface area contributed by atoms with Gasteiger partial charge in [0.05, 0.1) is 31.5 Å². The zero-order valence-electron chi connectivity index (χ0n) is 23.7. The lowest BCUT2D eigenvalue weighted by molar-refractivity contribution is -0.188. The van der Waals surface area contributed by atoms with E-state index in [4.69, 9.17) is 29.4 Å². The molecule has 2 spiro atoms. The molecular weight excluding hydrogens is 502 g/mol. The number of hydrogen-bond donors (Lipinski definition) is 2. The van der Waals surface area contributed by atoms with Gasteiger partial charge in [-0.15, -0.1) is 0 Å². The standard InChI is InChI=1S/C30H45NO8/c1-5-22-15-25-30(18-37-30)16-29(12-10-19(2)14-24(29)39-25)17-36-28(34)27(31)20(3)11-13-35-23(21(4)32)8-6-7-9-26(33)38-22/h6-9,14,20-25,27,32H,5,10-13,15-18,31H2,1-4H3/b8-6+,9-7-/t20-,21-,22+,23-,24-,25-,27+,29-,30+/m1/s1. The van der Waals surface area contributed by atoms with Crippen LogP contribution in [0.4, 0.5) is 0 Å². The van der Waals surface area contributed by atoms with Crippen LogP contribution in [0, 0.1) is 11.3 Å². The number of hydrogen-bond acceptors (Lipinski definition) is 9. The van der Waals surface area contributed by atoms with E-state index in [1.165, 1.54) is 11.6 Å². The van der Waals surface area contributed by atoms with Gasteiger partial charge in [0, 0.05) is 24.5 Å². The molecule has 0 unspecified atom stereocenters. The molecule has 1 aliphatic carbocycles. The maximum atomic E-state index is 13.0. The second kappa shape index (κ2) is 12.6. The van der Waals surface area contributed by atoms with Gasteiger partial charge >= 0.3 is 11.9 Å². The monoisotopic (exact) mass is 547 g/mol. The van der Waals surface area contributed by atoms with Crippen LogP contribution in [0.2, 0.25) is 0 Å². The third kappa shape index (κ3) is 7.19. The summed E-state index contributed by atoms with van der Waals surface area (Å²) in [5, 5.41) is 10.1. The van der Waals surface area contributed by atoms with Gasteiger partial charge in [0.25, 0.3) is 0 Å². The summed E-state index contributed by atoms with van der Waals surface area (Å²) in [6, 6.07) is -0.793. The molecule has 5 rings (SSSR count). The van der Waals surface area contributed by atoms with Gasteiger partial charge in [-0.2, -0.15) is 0 Å². The topological polar surface area (TPSA) is 130 Å². The van der Waals surface area contributed by atoms with Crippen molar-refractivity contribution < 1.29 is 38.4 Å². The third-order valence-corrected chi connectivity index (χ3v) is 8.73. The first-order valence-corrected chi connectivity index (χ1v) is 14.3. The van der Waals surface area contributed by atoms with Gasteiger partial charge in [0.15, 0.2) is 0 Å². The Kier molecular flexibility index (Phi) is 9.70. The van der Waals surface area contributed by atoms with E-state index in [2.05, 4.69) is 13.0 Å². The summed E-state index contributed by atoms with van der Waals surface area (Å²) in [6.07, 6.45) is 10.4. The quantitative estimate of drug-likeness (QED) is 0.304. The largest absolute Gasteiger partial charge is 0.464 e. The van der Waals surface area contributed by atoms with Gasteiger partial charge in [0.1, 0.15) is 23.9 Å². The Bertz CT molecular complexity index is 970. The van der Waals surface area contributed by atoms with Crippen LogP contribution in [0.25, 0.3) is 0 Å². The molecule has 9 nitrogen and oxygen atoms in total. The SMILES string of the molecule is CC[C@H]1C[C@H]2O[C@@H]3C=C(C)CC[C@]3(COC(=O)[C@@H](N)[C@H](C)CCO[C@@H]([C@@H](C)O)/C=C/C=C\C(=O)O1)C[C@]21CO1. The van der Waals surface area contributed by atoms with Crippen LogP contribution in [0.1, 0.15) is 66.2 Å². The molecule has 0 aromatic carbocycles. The molecule has 0 aromatic rings. The predicted octanol–water partition coefficient (Wildman–Crippen LogP) is 3.14. The van der Waals surface area contributed by atoms with Crippen LogP contribution in [0.5, 0.6) is 0 Å². The Hall–Kier alpha value is -2.04. The Labute approximate surface area is 231 Å². The van der Waals surface area contributed by atoms with E-state index < -0.39 is 41.2 Å². The minimum Gasteiger partial charge on any atom is -0.464 e. The number of ether oxygens (including phenoxy) is 5. The first-order valence-electron chi connectivity index (χ1n) is 14.3. The number of carbonyl (C=O) groups excluding carboxylic acids is 2. The number of nitrogens with two attached hydrogens (primary N) is 1. The highest BCUT2D eigenvalue weighted by Gasteiger charge is 2.63. The number of aliphatic hydroxyl groups excluding tert-OH is 1. The highest BCUT2D eigenvalue weighted by molar-refractivity contribution is 5.82. The van der Waals surface area contributed by atoms with Gasteiger partial charge in [-0.3, -0.25) is 4.79 Å². The summed E-state index contributed by atoms with van der Waals surface area (Å²) in [4.78, 5) is 25.6. The highest BCUT2D eigenvalue weighted by Crippen LogP contribution is 2.55. The van der Waals surface area contributed by atoms with E-state index in [1.807, 2.05) is 13.8 Å². The fraction of sp³-hybridized carbons (Fsp3) is 0.733. The van der Waals surface area contributed by atoms with E-state index >= 15 is 0 Å². The minimum atomic E-state index is -0.793. The van der Waals surface area contributed by atoms with Gasteiger partial charge < -0.3 is 34.5 Å². The molecule has 4 aliphatic heterocycles. The first kappa shape index (κ1) is 29.9. The van der Waals surface area contributed by atoms with E-state index in [1.54, 1.807) is 25.2 Å². The van der Waals surface area contributed by atoms with Crippen molar-refractivity contribution in [1.82, 2.24) is 0 Å². The van der Waals surface area contributed by atoms with Crippen molar-refractivity contribution in [2.24, 2.45) is 17.1 Å². The van der Waals surface area contributed by atoms with E-state index in [-0.39, 0.29) is 30.8 Å². The number of fused-ring (bicyclic) bond motifs is 14. The Balaban J connectivity index is 1.57. The summed E-state index contributed by atoms with van der Waals surface area (Å²) in [5.41, 5.74) is 6.68. The van der Waals surface area contributed by atoms with Gasteiger partial charge in [-0.05, 0) is 51.9 Å². The fourth-order valence-electron chi connectivity index (χ4n) is 5.86. The van der Waals surface area contributed by atoms with Crippen LogP contribution >= 0.6 is 0 Å². The summed E-state index contributed by atoms with van der Waals surface area (Å²) in [7, 11) is 0. The molecule has 2 saturated heterocycles. The Morgan fingerprint density at radius 3 is 2.69 bits per heavy atom. The minimum absolute atomic E-state index is 0.183. The van der Waals surface area contributed by atoms with Gasteiger partial charge in [-0.25, -0.2) is 4.79 Å². The van der Waals surface area contributed by atoms with Gasteiger partial charge in [-0.1, -0.05) is 43.7 Å². The van der Waals surface area contributed by atoms with Crippen LogP contribution in [-0.2, 0) is 33.3 Å². The van der Waals surface area contributed by atoms with E-state index in [0.717, 1.165) is 12.8 Å². The molecule has 0 amide bonds. The third-order valence-electron chi connectivity index (χ3n) is 8.73. The average Bonchev–Trinajstić information content (AvgIpc) is 3.67. The molecule has 2 bridgehead atoms. The average molecular weight is 548 g/mol. The molecule has 3 N–H and O–H groups in total. The lowest BCUT2D eigenvalue weighted by Crippen LogP contribution is -2.57. The number of allylic oxidation sites excluding steroid dienone is 3. The van der Waals surface area contributed by atoms with Gasteiger partial charge in [0.2, 0.25) is 0 Å². The van der Waals surface area contributed by atoms with Crippen molar-refractivity contribution in [3.63, 3.8) is 0 Å². The molecule has 2 fully saturated rings. The second-order valence-corrected chi connectivity index (χ2v) is 11.9.